The van der Waals surface area contributed by atoms with Gasteiger partial charge in [0, 0.05) is 91.4 Å². The Labute approximate surface area is 280 Å². The maximum atomic E-state index is 14.3. The summed E-state index contributed by atoms with van der Waals surface area (Å²) in [6, 6.07) is 17.3. The number of rotatable bonds is 4. The first-order chi connectivity index (χ1) is 22.3. The van der Waals surface area contributed by atoms with Crippen LogP contribution in [-0.2, 0) is 0 Å². The van der Waals surface area contributed by atoms with Gasteiger partial charge in [0.25, 0.3) is 5.91 Å². The van der Waals surface area contributed by atoms with Crippen LogP contribution in [-0.4, -0.2) is 73.1 Å². The number of carbonyl (C=O) groups excluding carboxylic acids is 1. The van der Waals surface area contributed by atoms with E-state index in [0.717, 1.165) is 78.2 Å². The minimum atomic E-state index is -0.114. The second-order valence-electron chi connectivity index (χ2n) is 14.8. The Hall–Kier alpha value is -4.16. The monoisotopic (exact) mass is 629 g/mol. The summed E-state index contributed by atoms with van der Waals surface area (Å²) in [6.07, 6.45) is 4.75. The number of piperazine rings is 1. The fourth-order valence-electron chi connectivity index (χ4n) is 8.54. The highest BCUT2D eigenvalue weighted by molar-refractivity contribution is 6.02. The highest BCUT2D eigenvalue weighted by Gasteiger charge is 2.36. The summed E-state index contributed by atoms with van der Waals surface area (Å²) in [6.45, 7) is 23.0. The normalized spacial score (nSPS) is 19.6. The highest BCUT2D eigenvalue weighted by Crippen LogP contribution is 2.46. The van der Waals surface area contributed by atoms with Gasteiger partial charge in [-0.05, 0) is 89.6 Å². The Morgan fingerprint density at radius 3 is 2.23 bits per heavy atom. The van der Waals surface area contributed by atoms with E-state index < -0.39 is 0 Å². The molecule has 0 spiro atoms. The van der Waals surface area contributed by atoms with Crippen LogP contribution in [0.3, 0.4) is 0 Å². The van der Waals surface area contributed by atoms with E-state index in [1.807, 2.05) is 17.0 Å². The molecule has 3 aromatic rings. The molecule has 0 aliphatic carbocycles. The largest absolute Gasteiger partial charge is 0.456 e. The van der Waals surface area contributed by atoms with Crippen molar-refractivity contribution in [2.45, 2.75) is 66.5 Å². The number of benzene rings is 3. The van der Waals surface area contributed by atoms with Crippen molar-refractivity contribution in [2.24, 2.45) is 0 Å². The van der Waals surface area contributed by atoms with Gasteiger partial charge in [-0.15, -0.1) is 0 Å². The molecular formula is C41H49N4O2+. The van der Waals surface area contributed by atoms with Gasteiger partial charge in [-0.3, -0.25) is 4.79 Å². The van der Waals surface area contributed by atoms with E-state index in [4.69, 9.17) is 4.74 Å². The number of likely N-dealkylation sites (N-methyl/N-ethyl adjacent to an activating group) is 3. The first-order valence-corrected chi connectivity index (χ1v) is 17.3. The molecule has 0 N–H and O–H groups in total. The number of nitrogens with zero attached hydrogens (tertiary/aromatic N) is 4. The number of hydrogen-bond donors (Lipinski definition) is 0. The third-order valence-electron chi connectivity index (χ3n) is 10.8. The Bertz CT molecular complexity index is 2010. The van der Waals surface area contributed by atoms with Crippen LogP contribution in [0.2, 0.25) is 0 Å². The van der Waals surface area contributed by atoms with Crippen LogP contribution < -0.4 is 24.8 Å². The zero-order valence-corrected chi connectivity index (χ0v) is 29.6. The molecule has 0 atom stereocenters. The Morgan fingerprint density at radius 2 is 1.53 bits per heavy atom. The Kier molecular flexibility index (Phi) is 7.51. The van der Waals surface area contributed by atoms with Gasteiger partial charge in [0.15, 0.2) is 5.54 Å². The van der Waals surface area contributed by atoms with Crippen LogP contribution in [0.5, 0.6) is 11.5 Å². The van der Waals surface area contributed by atoms with Gasteiger partial charge in [0.1, 0.15) is 18.0 Å². The molecule has 1 amide bonds. The van der Waals surface area contributed by atoms with Crippen molar-refractivity contribution in [3.05, 3.63) is 99.1 Å². The quantitative estimate of drug-likeness (QED) is 0.254. The van der Waals surface area contributed by atoms with Crippen molar-refractivity contribution in [1.82, 2.24) is 14.4 Å². The third-order valence-corrected chi connectivity index (χ3v) is 10.8. The number of hydrogen-bond acceptors (Lipinski definition) is 4. The van der Waals surface area contributed by atoms with Crippen molar-refractivity contribution in [1.29, 1.82) is 0 Å². The summed E-state index contributed by atoms with van der Waals surface area (Å²) in [4.78, 5) is 21.1. The van der Waals surface area contributed by atoms with Gasteiger partial charge in [-0.2, -0.15) is 0 Å². The second kappa shape index (κ2) is 11.2. The lowest BCUT2D eigenvalue weighted by atomic mass is 9.83. The first-order valence-electron chi connectivity index (χ1n) is 17.3. The molecule has 4 aliphatic heterocycles. The maximum Gasteiger partial charge on any atom is 0.254 e. The number of ether oxygens (including phenoxy) is 1. The second-order valence-corrected chi connectivity index (χ2v) is 14.8. The van der Waals surface area contributed by atoms with Gasteiger partial charge in [-0.25, -0.2) is 4.58 Å². The van der Waals surface area contributed by atoms with Crippen LogP contribution >= 0.6 is 0 Å². The minimum Gasteiger partial charge on any atom is -0.456 e. The SMILES string of the molecule is CCN1c2cc3c(cc2C(C)=CC1(C)C)C(c1ccccc1C(=O)N1CCN(C)CC1)=c1cc2c(cc1O3)=[N+](CC)C(C)(C)C=C2C. The molecule has 6 nitrogen and oxygen atoms in total. The summed E-state index contributed by atoms with van der Waals surface area (Å²) in [5, 5.41) is 2.22. The predicted molar refractivity (Wildman–Crippen MR) is 194 cm³/mol. The molecule has 1 saturated heterocycles. The smallest absolute Gasteiger partial charge is 0.254 e. The molecule has 4 aliphatic rings. The van der Waals surface area contributed by atoms with Gasteiger partial charge in [0.05, 0.1) is 11.6 Å². The molecular weight excluding hydrogens is 580 g/mol. The Morgan fingerprint density at radius 1 is 0.830 bits per heavy atom. The molecule has 0 aromatic heterocycles. The van der Waals surface area contributed by atoms with E-state index in [0.29, 0.717) is 0 Å². The number of fused-ring (bicyclic) bond motifs is 4. The summed E-state index contributed by atoms with van der Waals surface area (Å²) in [5.41, 5.74) is 9.70. The van der Waals surface area contributed by atoms with Gasteiger partial charge >= 0.3 is 0 Å². The van der Waals surface area contributed by atoms with Crippen LogP contribution in [0.25, 0.3) is 16.7 Å². The highest BCUT2D eigenvalue weighted by atomic mass is 16.5. The standard InChI is InChI=1S/C41H49N4O2/c1-10-44-34-22-36-32(20-30(34)26(3)24-40(44,5)6)38(28-14-12-13-15-29(28)39(46)43-18-16-42(9)17-19-43)33-21-31-27(4)25-41(7,8)45(11-2)35(31)23-37(33)47-36/h12-15,20-25H,10-11,16-19H2,1-9H3/q+1. The molecule has 0 bridgehead atoms. The van der Waals surface area contributed by atoms with Gasteiger partial charge in [-0.1, -0.05) is 24.3 Å². The molecule has 3 aromatic carbocycles. The zero-order chi connectivity index (χ0) is 33.4. The first kappa shape index (κ1) is 31.4. The topological polar surface area (TPSA) is 39.0 Å². The van der Waals surface area contributed by atoms with E-state index in [9.17, 15) is 4.79 Å². The van der Waals surface area contributed by atoms with E-state index >= 15 is 0 Å². The summed E-state index contributed by atoms with van der Waals surface area (Å²) in [7, 11) is 2.12. The zero-order valence-electron chi connectivity index (χ0n) is 29.6. The molecule has 1 fully saturated rings. The van der Waals surface area contributed by atoms with E-state index in [-0.39, 0.29) is 17.0 Å². The van der Waals surface area contributed by atoms with Crippen LogP contribution in [0.1, 0.15) is 88.0 Å². The number of anilines is 1. The summed E-state index contributed by atoms with van der Waals surface area (Å²) in [5.74, 6) is 1.77. The Balaban J connectivity index is 1.55. The summed E-state index contributed by atoms with van der Waals surface area (Å²) >= 11 is 0. The number of allylic oxidation sites excluding steroid dienone is 2. The van der Waals surface area contributed by atoms with Gasteiger partial charge < -0.3 is 19.4 Å². The lowest BCUT2D eigenvalue weighted by Crippen LogP contribution is -2.49. The van der Waals surface area contributed by atoms with Crippen molar-refractivity contribution < 1.29 is 9.53 Å². The fraction of sp³-hybridized carbons (Fsp3) is 0.415. The summed E-state index contributed by atoms with van der Waals surface area (Å²) < 4.78 is 9.43. The van der Waals surface area contributed by atoms with Crippen molar-refractivity contribution in [2.75, 3.05) is 51.2 Å². The van der Waals surface area contributed by atoms with Crippen LogP contribution in [0.15, 0.2) is 60.7 Å². The average Bonchev–Trinajstić information content (AvgIpc) is 3.02. The predicted octanol–water partition coefficient (Wildman–Crippen LogP) is 6.16. The molecule has 7 rings (SSSR count). The molecule has 6 heteroatoms. The average molecular weight is 630 g/mol. The molecule has 244 valence electrons. The molecule has 47 heavy (non-hydrogen) atoms. The van der Waals surface area contributed by atoms with E-state index in [1.54, 1.807) is 0 Å². The molecule has 4 heterocycles. The number of amides is 1. The van der Waals surface area contributed by atoms with Crippen molar-refractivity contribution in [3.8, 4) is 11.5 Å². The maximum absolute atomic E-state index is 14.3. The lowest BCUT2D eigenvalue weighted by molar-refractivity contribution is 0.0664. The van der Waals surface area contributed by atoms with Crippen molar-refractivity contribution in [3.63, 3.8) is 0 Å². The molecule has 0 radical (unpaired) electrons. The molecule has 0 saturated carbocycles. The number of carbonyl (C=O) groups is 1. The van der Waals surface area contributed by atoms with Crippen LogP contribution in [0, 0.1) is 0 Å². The van der Waals surface area contributed by atoms with E-state index in [2.05, 4.69) is 125 Å². The van der Waals surface area contributed by atoms with E-state index in [1.165, 1.54) is 33.3 Å². The van der Waals surface area contributed by atoms with Crippen LogP contribution in [0.4, 0.5) is 5.69 Å². The third kappa shape index (κ3) is 5.04. The lowest BCUT2D eigenvalue weighted by Gasteiger charge is -2.43. The van der Waals surface area contributed by atoms with Gasteiger partial charge in [0.2, 0.25) is 5.36 Å². The fourth-order valence-corrected chi connectivity index (χ4v) is 8.54. The molecule has 0 unspecified atom stereocenters. The minimum absolute atomic E-state index is 0.0941. The van der Waals surface area contributed by atoms with Crippen molar-refractivity contribution >= 4 is 28.3 Å².